The Bertz CT molecular complexity index is 890. The number of unbranched alkanes of at least 4 members (excludes halogenated alkanes) is 1. The molecule has 0 aromatic heterocycles. The number of benzene rings is 2. The van der Waals surface area contributed by atoms with Gasteiger partial charge in [-0.1, -0.05) is 19.8 Å². The standard InChI is InChI=1S/C23H27FN2O2S2/c1-4-5-7-19-16-26(18-10-8-17(24)9-11-18)20-14-23(29-3)21(28-13-6-12-27)15-22(20)30-25(19)2/h6,8-15,19H,4-5,7,16H2,1-3H3/b13-6+. The van der Waals surface area contributed by atoms with E-state index in [0.717, 1.165) is 47.0 Å². The van der Waals surface area contributed by atoms with Gasteiger partial charge in [0.25, 0.3) is 0 Å². The first-order valence-electron chi connectivity index (χ1n) is 10.00. The van der Waals surface area contributed by atoms with Crippen molar-refractivity contribution in [2.24, 2.45) is 0 Å². The number of hydrogen-bond acceptors (Lipinski definition) is 6. The van der Waals surface area contributed by atoms with Crippen molar-refractivity contribution in [3.8, 4) is 5.75 Å². The number of nitrogens with zero attached hydrogens (tertiary/aromatic N) is 2. The van der Waals surface area contributed by atoms with Crippen molar-refractivity contribution in [2.75, 3.05) is 24.7 Å². The summed E-state index contributed by atoms with van der Waals surface area (Å²) in [5.41, 5.74) is 2.05. The zero-order valence-electron chi connectivity index (χ0n) is 17.5. The van der Waals surface area contributed by atoms with Crippen LogP contribution >= 0.6 is 23.7 Å². The molecule has 0 bridgehead atoms. The predicted molar refractivity (Wildman–Crippen MR) is 124 cm³/mol. The lowest BCUT2D eigenvalue weighted by molar-refractivity contribution is -0.104. The van der Waals surface area contributed by atoms with Gasteiger partial charge in [0.2, 0.25) is 0 Å². The number of carbonyl (C=O) groups is 1. The van der Waals surface area contributed by atoms with E-state index in [1.165, 1.54) is 24.5 Å². The van der Waals surface area contributed by atoms with E-state index >= 15 is 0 Å². The molecular weight excluding hydrogens is 419 g/mol. The number of hydrogen-bond donors (Lipinski definition) is 0. The lowest BCUT2D eigenvalue weighted by Crippen LogP contribution is -2.35. The Labute approximate surface area is 186 Å². The lowest BCUT2D eigenvalue weighted by Gasteiger charge is -2.30. The molecule has 1 heterocycles. The molecule has 0 N–H and O–H groups in total. The summed E-state index contributed by atoms with van der Waals surface area (Å²) in [7, 11) is 2.12. The molecule has 2 aromatic carbocycles. The normalized spacial score (nSPS) is 17.1. The third-order valence-corrected chi connectivity index (χ3v) is 6.94. The second-order valence-corrected chi connectivity index (χ2v) is 9.12. The second kappa shape index (κ2) is 10.9. The lowest BCUT2D eigenvalue weighted by atomic mass is 10.1. The van der Waals surface area contributed by atoms with Crippen LogP contribution in [-0.4, -0.2) is 36.5 Å². The molecule has 1 aliphatic rings. The smallest absolute Gasteiger partial charge is 0.145 e. The van der Waals surface area contributed by atoms with Crippen LogP contribution in [0.2, 0.25) is 0 Å². The summed E-state index contributed by atoms with van der Waals surface area (Å²) in [5.74, 6) is 0.477. The quantitative estimate of drug-likeness (QED) is 0.156. The van der Waals surface area contributed by atoms with E-state index < -0.39 is 0 Å². The molecule has 1 unspecified atom stereocenters. The van der Waals surface area contributed by atoms with Gasteiger partial charge in [-0.15, -0.1) is 11.8 Å². The highest BCUT2D eigenvalue weighted by atomic mass is 32.2. The molecule has 4 nitrogen and oxygen atoms in total. The molecule has 0 amide bonds. The Morgan fingerprint density at radius 3 is 2.73 bits per heavy atom. The summed E-state index contributed by atoms with van der Waals surface area (Å²) in [6, 6.07) is 11.2. The highest BCUT2D eigenvalue weighted by molar-refractivity contribution is 7.98. The van der Waals surface area contributed by atoms with Crippen LogP contribution in [0, 0.1) is 5.82 Å². The largest absolute Gasteiger partial charge is 0.464 e. The van der Waals surface area contributed by atoms with Crippen LogP contribution in [0.5, 0.6) is 5.75 Å². The van der Waals surface area contributed by atoms with Gasteiger partial charge in [0, 0.05) is 24.4 Å². The maximum atomic E-state index is 13.6. The Balaban J connectivity index is 2.07. The van der Waals surface area contributed by atoms with Crippen LogP contribution in [0.25, 0.3) is 0 Å². The molecule has 0 spiro atoms. The zero-order valence-corrected chi connectivity index (χ0v) is 19.1. The summed E-state index contributed by atoms with van der Waals surface area (Å²) in [4.78, 5) is 14.9. The van der Waals surface area contributed by atoms with Crippen LogP contribution in [0.3, 0.4) is 0 Å². The SMILES string of the molecule is CCCCC1CN(c2ccc(F)cc2)c2cc(SC)c(O/C=C/C=O)cc2SN1C. The van der Waals surface area contributed by atoms with E-state index in [1.54, 1.807) is 23.7 Å². The van der Waals surface area contributed by atoms with Crippen LogP contribution in [0.15, 0.2) is 58.5 Å². The van der Waals surface area contributed by atoms with Crippen molar-refractivity contribution >= 4 is 41.4 Å². The highest BCUT2D eigenvalue weighted by Gasteiger charge is 2.28. The second-order valence-electron chi connectivity index (χ2n) is 7.07. The molecule has 2 aromatic rings. The number of ether oxygens (including phenoxy) is 1. The minimum Gasteiger partial charge on any atom is -0.464 e. The predicted octanol–water partition coefficient (Wildman–Crippen LogP) is 6.29. The molecule has 160 valence electrons. The van der Waals surface area contributed by atoms with Gasteiger partial charge in [0.1, 0.15) is 17.9 Å². The maximum Gasteiger partial charge on any atom is 0.145 e. The summed E-state index contributed by atoms with van der Waals surface area (Å²) in [5, 5.41) is 0. The van der Waals surface area contributed by atoms with Gasteiger partial charge in [-0.3, -0.25) is 4.79 Å². The number of anilines is 2. The molecule has 0 radical (unpaired) electrons. The fourth-order valence-electron chi connectivity index (χ4n) is 3.44. The Hall–Kier alpha value is -1.96. The number of likely N-dealkylation sites (N-methyl/N-ethyl adjacent to an activating group) is 1. The third kappa shape index (κ3) is 5.39. The Morgan fingerprint density at radius 2 is 2.07 bits per heavy atom. The van der Waals surface area contributed by atoms with Crippen LogP contribution < -0.4 is 9.64 Å². The minimum absolute atomic E-state index is 0.238. The van der Waals surface area contributed by atoms with Crippen molar-refractivity contribution in [1.29, 1.82) is 0 Å². The summed E-state index contributed by atoms with van der Waals surface area (Å²) in [6.45, 7) is 3.03. The van der Waals surface area contributed by atoms with E-state index in [2.05, 4.69) is 29.2 Å². The molecule has 0 saturated carbocycles. The molecule has 0 saturated heterocycles. The molecule has 3 rings (SSSR count). The monoisotopic (exact) mass is 446 g/mol. The number of thioether (sulfide) groups is 1. The van der Waals surface area contributed by atoms with Gasteiger partial charge < -0.3 is 9.64 Å². The zero-order chi connectivity index (χ0) is 21.5. The third-order valence-electron chi connectivity index (χ3n) is 5.07. The first kappa shape index (κ1) is 22.7. The van der Waals surface area contributed by atoms with Crippen molar-refractivity contribution in [3.63, 3.8) is 0 Å². The molecule has 0 fully saturated rings. The topological polar surface area (TPSA) is 32.8 Å². The fraction of sp³-hybridized carbons (Fsp3) is 0.348. The number of allylic oxidation sites excluding steroid dienone is 1. The van der Waals surface area contributed by atoms with Gasteiger partial charge in [-0.25, -0.2) is 8.70 Å². The maximum absolute atomic E-state index is 13.6. The summed E-state index contributed by atoms with van der Waals surface area (Å²) < 4.78 is 21.6. The first-order chi connectivity index (χ1) is 14.6. The number of rotatable bonds is 8. The average molecular weight is 447 g/mol. The van der Waals surface area contributed by atoms with Gasteiger partial charge >= 0.3 is 0 Å². The summed E-state index contributed by atoms with van der Waals surface area (Å²) >= 11 is 3.29. The van der Waals surface area contributed by atoms with Crippen LogP contribution in [0.1, 0.15) is 26.2 Å². The van der Waals surface area contributed by atoms with Crippen molar-refractivity contribution < 1.29 is 13.9 Å². The van der Waals surface area contributed by atoms with Gasteiger partial charge in [-0.05, 0) is 68.1 Å². The number of carbonyl (C=O) groups excluding carboxylic acids is 1. The van der Waals surface area contributed by atoms with E-state index in [9.17, 15) is 9.18 Å². The van der Waals surface area contributed by atoms with Crippen LogP contribution in [0.4, 0.5) is 15.8 Å². The Morgan fingerprint density at radius 1 is 1.30 bits per heavy atom. The van der Waals surface area contributed by atoms with E-state index in [-0.39, 0.29) is 5.82 Å². The summed E-state index contributed by atoms with van der Waals surface area (Å²) in [6.07, 6.45) is 8.83. The molecule has 7 heteroatoms. The van der Waals surface area contributed by atoms with E-state index in [0.29, 0.717) is 18.1 Å². The molecule has 1 atom stereocenters. The number of aldehydes is 1. The van der Waals surface area contributed by atoms with E-state index in [4.69, 9.17) is 4.74 Å². The molecule has 0 aliphatic carbocycles. The average Bonchev–Trinajstić information content (AvgIpc) is 2.88. The van der Waals surface area contributed by atoms with Gasteiger partial charge in [0.05, 0.1) is 21.7 Å². The van der Waals surface area contributed by atoms with Gasteiger partial charge in [-0.2, -0.15) is 0 Å². The molecular formula is C23H27FN2O2S2. The van der Waals surface area contributed by atoms with Crippen LogP contribution in [-0.2, 0) is 4.79 Å². The van der Waals surface area contributed by atoms with Crippen molar-refractivity contribution in [1.82, 2.24) is 4.31 Å². The van der Waals surface area contributed by atoms with Crippen molar-refractivity contribution in [2.45, 2.75) is 42.0 Å². The highest BCUT2D eigenvalue weighted by Crippen LogP contribution is 2.45. The minimum atomic E-state index is -0.238. The van der Waals surface area contributed by atoms with E-state index in [1.807, 2.05) is 24.5 Å². The first-order valence-corrected chi connectivity index (χ1v) is 12.0. The van der Waals surface area contributed by atoms with Gasteiger partial charge in [0.15, 0.2) is 0 Å². The fourth-order valence-corrected chi connectivity index (χ4v) is 5.03. The molecule has 30 heavy (non-hydrogen) atoms. The van der Waals surface area contributed by atoms with Crippen molar-refractivity contribution in [3.05, 3.63) is 54.6 Å². The Kier molecular flexibility index (Phi) is 8.24. The molecule has 1 aliphatic heterocycles. The number of halogens is 1. The number of fused-ring (bicyclic) bond motifs is 1.